The van der Waals surface area contributed by atoms with E-state index in [2.05, 4.69) is 10.1 Å². The van der Waals surface area contributed by atoms with Crippen LogP contribution in [0.25, 0.3) is 0 Å². The summed E-state index contributed by atoms with van der Waals surface area (Å²) in [6.45, 7) is 2.74. The van der Waals surface area contributed by atoms with Crippen LogP contribution in [-0.4, -0.2) is 44.3 Å². The number of benzene rings is 2. The van der Waals surface area contributed by atoms with Crippen molar-refractivity contribution in [3.05, 3.63) is 65.2 Å². The summed E-state index contributed by atoms with van der Waals surface area (Å²) in [6.07, 6.45) is 2.77. The van der Waals surface area contributed by atoms with Gasteiger partial charge < -0.3 is 10.1 Å². The second kappa shape index (κ2) is 9.40. The third kappa shape index (κ3) is 4.88. The highest BCUT2D eigenvalue weighted by atomic mass is 32.2. The summed E-state index contributed by atoms with van der Waals surface area (Å²) in [5.74, 6) is -0.720. The number of sulfonamides is 1. The minimum absolute atomic E-state index is 0.0164. The van der Waals surface area contributed by atoms with Crippen LogP contribution in [0.4, 0.5) is 0 Å². The first-order valence-corrected chi connectivity index (χ1v) is 11.3. The molecule has 0 radical (unpaired) electrons. The van der Waals surface area contributed by atoms with E-state index in [0.29, 0.717) is 17.7 Å². The Hall–Kier alpha value is -2.71. The van der Waals surface area contributed by atoms with Gasteiger partial charge in [0.05, 0.1) is 17.6 Å². The maximum atomic E-state index is 12.9. The summed E-state index contributed by atoms with van der Waals surface area (Å²) in [5, 5.41) is 2.79. The highest BCUT2D eigenvalue weighted by Gasteiger charge is 2.30. The average Bonchev–Trinajstić information content (AvgIpc) is 2.77. The maximum absolute atomic E-state index is 12.9. The van der Waals surface area contributed by atoms with Crippen LogP contribution in [0.2, 0.25) is 0 Å². The average molecular weight is 431 g/mol. The summed E-state index contributed by atoms with van der Waals surface area (Å²) >= 11 is 0. The predicted molar refractivity (Wildman–Crippen MR) is 113 cm³/mol. The van der Waals surface area contributed by atoms with Crippen molar-refractivity contribution in [1.82, 2.24) is 9.62 Å². The normalized spacial score (nSPS) is 17.3. The molecule has 1 saturated heterocycles. The number of piperidine rings is 1. The molecule has 1 aliphatic rings. The lowest BCUT2D eigenvalue weighted by Gasteiger charge is -2.32. The second-order valence-electron chi connectivity index (χ2n) is 7.36. The van der Waals surface area contributed by atoms with Gasteiger partial charge in [0.15, 0.2) is 0 Å². The minimum atomic E-state index is -3.56. The van der Waals surface area contributed by atoms with Crippen LogP contribution in [0.3, 0.4) is 0 Å². The predicted octanol–water partition coefficient (Wildman–Crippen LogP) is 2.97. The molecular weight excluding hydrogens is 404 g/mol. The highest BCUT2D eigenvalue weighted by Crippen LogP contribution is 2.25. The molecule has 2 aromatic carbocycles. The lowest BCUT2D eigenvalue weighted by molar-refractivity contribution is 0.0600. The molecular formula is C22H26N2O5S. The molecule has 1 aliphatic heterocycles. The van der Waals surface area contributed by atoms with Gasteiger partial charge in [-0.2, -0.15) is 4.31 Å². The number of nitrogens with one attached hydrogen (secondary N) is 1. The molecule has 0 saturated carbocycles. The molecule has 2 aromatic rings. The Labute approximate surface area is 177 Å². The smallest absolute Gasteiger partial charge is 0.337 e. The largest absolute Gasteiger partial charge is 0.465 e. The number of nitrogens with zero attached hydrogens (tertiary/aromatic N) is 1. The Balaban J connectivity index is 1.63. The molecule has 0 unspecified atom stereocenters. The number of methoxy groups -OCH3 is 1. The lowest BCUT2D eigenvalue weighted by atomic mass is 10.1. The first-order valence-electron chi connectivity index (χ1n) is 9.90. The number of hydrogen-bond donors (Lipinski definition) is 1. The van der Waals surface area contributed by atoms with Crippen LogP contribution in [0.15, 0.2) is 53.4 Å². The van der Waals surface area contributed by atoms with Crippen molar-refractivity contribution < 1.29 is 22.7 Å². The molecule has 0 aromatic heterocycles. The summed E-state index contributed by atoms with van der Waals surface area (Å²) < 4.78 is 32.0. The van der Waals surface area contributed by atoms with Crippen LogP contribution in [0.5, 0.6) is 0 Å². The number of ether oxygens (including phenoxy) is 1. The van der Waals surface area contributed by atoms with E-state index >= 15 is 0 Å². The zero-order chi connectivity index (χ0) is 21.7. The van der Waals surface area contributed by atoms with Crippen molar-refractivity contribution in [3.63, 3.8) is 0 Å². The van der Waals surface area contributed by atoms with Crippen LogP contribution in [0, 0.1) is 0 Å². The molecule has 30 heavy (non-hydrogen) atoms. The van der Waals surface area contributed by atoms with Crippen molar-refractivity contribution in [2.24, 2.45) is 0 Å². The number of amides is 1. The van der Waals surface area contributed by atoms with Crippen LogP contribution in [0.1, 0.15) is 52.5 Å². The van der Waals surface area contributed by atoms with E-state index in [1.54, 1.807) is 28.6 Å². The number of esters is 1. The molecule has 0 bridgehead atoms. The van der Waals surface area contributed by atoms with Crippen molar-refractivity contribution in [3.8, 4) is 0 Å². The Bertz CT molecular complexity index is 1000. The van der Waals surface area contributed by atoms with E-state index in [-0.39, 0.29) is 23.4 Å². The van der Waals surface area contributed by atoms with Crippen LogP contribution >= 0.6 is 0 Å². The van der Waals surface area contributed by atoms with E-state index < -0.39 is 16.0 Å². The van der Waals surface area contributed by atoms with Crippen LogP contribution < -0.4 is 5.32 Å². The van der Waals surface area contributed by atoms with Crippen molar-refractivity contribution >= 4 is 21.9 Å². The standard InChI is InChI=1S/C22H26N2O5S/c1-16-5-3-4-14-24(16)30(27,28)20-12-10-18(11-13-20)21(25)23-15-17-6-8-19(9-7-17)22(26)29-2/h6-13,16H,3-5,14-15H2,1-2H3,(H,23,25)/t16-/m0/s1. The fourth-order valence-corrected chi connectivity index (χ4v) is 5.20. The quantitative estimate of drug-likeness (QED) is 0.712. The van der Waals surface area contributed by atoms with Crippen LogP contribution in [-0.2, 0) is 21.3 Å². The number of carbonyl (C=O) groups is 2. The topological polar surface area (TPSA) is 92.8 Å². The first-order chi connectivity index (χ1) is 14.3. The van der Waals surface area contributed by atoms with E-state index in [1.807, 2.05) is 6.92 Å². The van der Waals surface area contributed by atoms with Gasteiger partial charge >= 0.3 is 5.97 Å². The molecule has 3 rings (SSSR count). The fourth-order valence-electron chi connectivity index (χ4n) is 3.50. The van der Waals surface area contributed by atoms with Gasteiger partial charge in [-0.3, -0.25) is 4.79 Å². The number of carbonyl (C=O) groups excluding carboxylic acids is 2. The fraction of sp³-hybridized carbons (Fsp3) is 0.364. The molecule has 1 heterocycles. The third-order valence-corrected chi connectivity index (χ3v) is 7.32. The van der Waals surface area contributed by atoms with Gasteiger partial charge in [0.2, 0.25) is 10.0 Å². The van der Waals surface area contributed by atoms with Gasteiger partial charge in [-0.25, -0.2) is 13.2 Å². The number of hydrogen-bond acceptors (Lipinski definition) is 5. The zero-order valence-corrected chi connectivity index (χ0v) is 17.9. The van der Waals surface area contributed by atoms with Gasteiger partial charge in [0, 0.05) is 24.7 Å². The second-order valence-corrected chi connectivity index (χ2v) is 9.25. The molecule has 7 nitrogen and oxygen atoms in total. The molecule has 0 aliphatic carbocycles. The summed E-state index contributed by atoms with van der Waals surface area (Å²) in [7, 11) is -2.24. The Morgan fingerprint density at radius 1 is 1.03 bits per heavy atom. The number of rotatable bonds is 6. The van der Waals surface area contributed by atoms with E-state index in [9.17, 15) is 18.0 Å². The molecule has 1 amide bonds. The minimum Gasteiger partial charge on any atom is -0.465 e. The summed E-state index contributed by atoms with van der Waals surface area (Å²) in [5.41, 5.74) is 1.65. The molecule has 160 valence electrons. The molecule has 1 N–H and O–H groups in total. The van der Waals surface area contributed by atoms with Crippen molar-refractivity contribution in [1.29, 1.82) is 0 Å². The summed E-state index contributed by atoms with van der Waals surface area (Å²) in [4.78, 5) is 24.1. The Kier molecular flexibility index (Phi) is 6.89. The van der Waals surface area contributed by atoms with Crippen molar-refractivity contribution in [2.45, 2.75) is 43.7 Å². The molecule has 1 fully saturated rings. The Morgan fingerprint density at radius 2 is 1.67 bits per heavy atom. The van der Waals surface area contributed by atoms with E-state index in [0.717, 1.165) is 24.8 Å². The van der Waals surface area contributed by atoms with E-state index in [4.69, 9.17) is 0 Å². The third-order valence-electron chi connectivity index (χ3n) is 5.29. The lowest BCUT2D eigenvalue weighted by Crippen LogP contribution is -2.41. The zero-order valence-electron chi connectivity index (χ0n) is 17.1. The summed E-state index contributed by atoms with van der Waals surface area (Å²) in [6, 6.07) is 12.7. The van der Waals surface area contributed by atoms with Gasteiger partial charge in [-0.1, -0.05) is 18.6 Å². The molecule has 0 spiro atoms. The van der Waals surface area contributed by atoms with Gasteiger partial charge in [-0.05, 0) is 61.7 Å². The molecule has 8 heteroatoms. The first kappa shape index (κ1) is 22.0. The SMILES string of the molecule is COC(=O)c1ccc(CNC(=O)c2ccc(S(=O)(=O)N3CCCC[C@@H]3C)cc2)cc1. The van der Waals surface area contributed by atoms with Gasteiger partial charge in [0.1, 0.15) is 0 Å². The van der Waals surface area contributed by atoms with Gasteiger partial charge in [0.25, 0.3) is 5.91 Å². The Morgan fingerprint density at radius 3 is 2.27 bits per heavy atom. The highest BCUT2D eigenvalue weighted by molar-refractivity contribution is 7.89. The van der Waals surface area contributed by atoms with Gasteiger partial charge in [-0.15, -0.1) is 0 Å². The monoisotopic (exact) mass is 430 g/mol. The maximum Gasteiger partial charge on any atom is 0.337 e. The van der Waals surface area contributed by atoms with Crippen molar-refractivity contribution in [2.75, 3.05) is 13.7 Å². The van der Waals surface area contributed by atoms with E-state index in [1.165, 1.54) is 31.4 Å². The molecule has 1 atom stereocenters.